The lowest BCUT2D eigenvalue weighted by Crippen LogP contribution is -1.95. The molecule has 0 N–H and O–H groups in total. The lowest BCUT2D eigenvalue weighted by molar-refractivity contribution is 0.609. The van der Waals surface area contributed by atoms with Crippen LogP contribution in [0.2, 0.25) is 0 Å². The lowest BCUT2D eigenvalue weighted by atomic mass is 9.90. The number of rotatable bonds is 8. The maximum Gasteiger partial charge on any atom is 0.0486 e. The summed E-state index contributed by atoms with van der Waals surface area (Å²) in [4.78, 5) is 0. The van der Waals surface area contributed by atoms with E-state index in [1.165, 1.54) is 71.2 Å². The summed E-state index contributed by atoms with van der Waals surface area (Å²) in [7, 11) is 0. The zero-order valence-corrected chi connectivity index (χ0v) is 15.4. The Morgan fingerprint density at radius 1 is 0.625 bits per heavy atom. The molecule has 0 unspecified atom stereocenters. The molecular formula is C23H27Cl. The van der Waals surface area contributed by atoms with Gasteiger partial charge in [0.15, 0.2) is 0 Å². The van der Waals surface area contributed by atoms with Crippen LogP contribution in [0.15, 0.2) is 48.5 Å². The molecule has 0 heterocycles. The molecule has 0 aliphatic carbocycles. The van der Waals surface area contributed by atoms with Gasteiger partial charge < -0.3 is 0 Å². The summed E-state index contributed by atoms with van der Waals surface area (Å²) in [6.07, 6.45) is 9.20. The number of benzene rings is 3. The van der Waals surface area contributed by atoms with Gasteiger partial charge in [0.2, 0.25) is 0 Å². The van der Waals surface area contributed by atoms with Gasteiger partial charge in [0.1, 0.15) is 0 Å². The van der Waals surface area contributed by atoms with E-state index in [1.807, 2.05) is 0 Å². The van der Waals surface area contributed by atoms with Crippen molar-refractivity contribution in [1.82, 2.24) is 0 Å². The number of halogens is 1. The Kier molecular flexibility index (Phi) is 6.15. The van der Waals surface area contributed by atoms with Crippen molar-refractivity contribution in [3.8, 4) is 0 Å². The molecule has 0 atom stereocenters. The number of aryl methyl sites for hydroxylation is 1. The molecule has 0 aliphatic heterocycles. The van der Waals surface area contributed by atoms with Crippen LogP contribution in [0.25, 0.3) is 21.5 Å². The fourth-order valence-corrected chi connectivity index (χ4v) is 4.09. The minimum absolute atomic E-state index is 0.568. The third kappa shape index (κ3) is 3.59. The monoisotopic (exact) mass is 338 g/mol. The first-order valence-electron chi connectivity index (χ1n) is 9.34. The van der Waals surface area contributed by atoms with Crippen molar-refractivity contribution in [2.45, 2.75) is 57.7 Å². The summed E-state index contributed by atoms with van der Waals surface area (Å²) in [5, 5.41) is 5.43. The zero-order chi connectivity index (χ0) is 16.8. The van der Waals surface area contributed by atoms with Crippen LogP contribution < -0.4 is 0 Å². The summed E-state index contributed by atoms with van der Waals surface area (Å²) in [5.74, 6) is 0.568. The van der Waals surface area contributed by atoms with Crippen molar-refractivity contribution < 1.29 is 0 Å². The van der Waals surface area contributed by atoms with Crippen LogP contribution in [0.1, 0.15) is 56.6 Å². The van der Waals surface area contributed by atoms with Gasteiger partial charge in [0.05, 0.1) is 0 Å². The van der Waals surface area contributed by atoms with E-state index in [1.54, 1.807) is 0 Å². The van der Waals surface area contributed by atoms with Gasteiger partial charge in [-0.1, -0.05) is 87.6 Å². The minimum Gasteiger partial charge on any atom is -0.122 e. The zero-order valence-electron chi connectivity index (χ0n) is 14.7. The van der Waals surface area contributed by atoms with Gasteiger partial charge in [0.25, 0.3) is 0 Å². The largest absolute Gasteiger partial charge is 0.122 e. The molecule has 1 heteroatoms. The number of alkyl halides is 1. The summed E-state index contributed by atoms with van der Waals surface area (Å²) in [6.45, 7) is 2.27. The molecule has 0 aromatic heterocycles. The molecule has 3 aromatic carbocycles. The molecule has 24 heavy (non-hydrogen) atoms. The molecule has 0 saturated heterocycles. The Bertz CT molecular complexity index is 747. The topological polar surface area (TPSA) is 0 Å². The predicted octanol–water partition coefficient (Wildman–Crippen LogP) is 7.63. The Morgan fingerprint density at radius 3 is 1.58 bits per heavy atom. The van der Waals surface area contributed by atoms with E-state index in [0.29, 0.717) is 5.88 Å². The quantitative estimate of drug-likeness (QED) is 0.225. The molecule has 0 radical (unpaired) electrons. The van der Waals surface area contributed by atoms with E-state index in [2.05, 4.69) is 55.5 Å². The molecule has 0 aliphatic rings. The fraction of sp³-hybridized carbons (Fsp3) is 0.391. The van der Waals surface area contributed by atoms with E-state index in [-0.39, 0.29) is 0 Å². The van der Waals surface area contributed by atoms with E-state index in [9.17, 15) is 0 Å². The SMILES string of the molecule is CCCCCCCCc1c2ccccc2c(CCl)c2ccccc12. The predicted molar refractivity (Wildman–Crippen MR) is 108 cm³/mol. The highest BCUT2D eigenvalue weighted by atomic mass is 35.5. The highest BCUT2D eigenvalue weighted by Crippen LogP contribution is 2.34. The van der Waals surface area contributed by atoms with Gasteiger partial charge in [-0.2, -0.15) is 0 Å². The van der Waals surface area contributed by atoms with Crippen LogP contribution >= 0.6 is 11.6 Å². The third-order valence-electron chi connectivity index (χ3n) is 5.07. The molecule has 0 spiro atoms. The maximum atomic E-state index is 6.31. The molecule has 0 amide bonds. The Balaban J connectivity index is 1.95. The van der Waals surface area contributed by atoms with Gasteiger partial charge in [-0.05, 0) is 45.5 Å². The highest BCUT2D eigenvalue weighted by Gasteiger charge is 2.12. The summed E-state index contributed by atoms with van der Waals surface area (Å²) in [6, 6.07) is 17.5. The summed E-state index contributed by atoms with van der Waals surface area (Å²) in [5.41, 5.74) is 2.78. The van der Waals surface area contributed by atoms with Gasteiger partial charge in [0, 0.05) is 5.88 Å². The Labute approximate surface area is 150 Å². The van der Waals surface area contributed by atoms with Crippen molar-refractivity contribution in [3.63, 3.8) is 0 Å². The highest BCUT2D eigenvalue weighted by molar-refractivity contribution is 6.20. The van der Waals surface area contributed by atoms with Crippen molar-refractivity contribution in [3.05, 3.63) is 59.7 Å². The fourth-order valence-electron chi connectivity index (χ4n) is 3.80. The molecule has 0 nitrogen and oxygen atoms in total. The summed E-state index contributed by atoms with van der Waals surface area (Å²) < 4.78 is 0. The van der Waals surface area contributed by atoms with Crippen molar-refractivity contribution in [2.75, 3.05) is 0 Å². The molecular weight excluding hydrogens is 312 g/mol. The van der Waals surface area contributed by atoms with E-state index < -0.39 is 0 Å². The van der Waals surface area contributed by atoms with Crippen molar-refractivity contribution in [1.29, 1.82) is 0 Å². The second-order valence-electron chi connectivity index (χ2n) is 6.70. The first kappa shape index (κ1) is 17.3. The van der Waals surface area contributed by atoms with Gasteiger partial charge in [-0.3, -0.25) is 0 Å². The minimum atomic E-state index is 0.568. The number of hydrogen-bond acceptors (Lipinski definition) is 0. The van der Waals surface area contributed by atoms with Crippen LogP contribution in [0.3, 0.4) is 0 Å². The molecule has 126 valence electrons. The maximum absolute atomic E-state index is 6.31. The number of fused-ring (bicyclic) bond motifs is 2. The Hall–Kier alpha value is -1.53. The Morgan fingerprint density at radius 2 is 1.08 bits per heavy atom. The van der Waals surface area contributed by atoms with Crippen LogP contribution in [0.5, 0.6) is 0 Å². The average molecular weight is 339 g/mol. The number of unbranched alkanes of at least 4 members (excludes halogenated alkanes) is 5. The smallest absolute Gasteiger partial charge is 0.0486 e. The van der Waals surface area contributed by atoms with E-state index in [0.717, 1.165) is 6.42 Å². The van der Waals surface area contributed by atoms with Crippen LogP contribution in [0, 0.1) is 0 Å². The van der Waals surface area contributed by atoms with Crippen LogP contribution in [-0.4, -0.2) is 0 Å². The van der Waals surface area contributed by atoms with Gasteiger partial charge in [-0.15, -0.1) is 11.6 Å². The van der Waals surface area contributed by atoms with Gasteiger partial charge >= 0.3 is 0 Å². The molecule has 0 saturated carbocycles. The normalized spacial score (nSPS) is 11.4. The van der Waals surface area contributed by atoms with Crippen molar-refractivity contribution >= 4 is 33.1 Å². The van der Waals surface area contributed by atoms with E-state index in [4.69, 9.17) is 11.6 Å². The first-order chi connectivity index (χ1) is 11.9. The molecule has 0 bridgehead atoms. The third-order valence-corrected chi connectivity index (χ3v) is 5.34. The van der Waals surface area contributed by atoms with Crippen LogP contribution in [-0.2, 0) is 12.3 Å². The first-order valence-corrected chi connectivity index (χ1v) is 9.87. The lowest BCUT2D eigenvalue weighted by Gasteiger charge is -2.15. The summed E-state index contributed by atoms with van der Waals surface area (Å²) >= 11 is 6.31. The second-order valence-corrected chi connectivity index (χ2v) is 6.97. The molecule has 3 rings (SSSR count). The average Bonchev–Trinajstić information content (AvgIpc) is 2.63. The van der Waals surface area contributed by atoms with Crippen molar-refractivity contribution in [2.24, 2.45) is 0 Å². The second kappa shape index (κ2) is 8.53. The molecule has 0 fully saturated rings. The van der Waals surface area contributed by atoms with Gasteiger partial charge in [-0.25, -0.2) is 0 Å². The van der Waals surface area contributed by atoms with Crippen LogP contribution in [0.4, 0.5) is 0 Å². The number of hydrogen-bond donors (Lipinski definition) is 0. The molecule has 3 aromatic rings. The standard InChI is InChI=1S/C23H27Cl/c1-2-3-4-5-6-7-12-18-19-13-8-10-15-21(19)23(17-24)22-16-11-9-14-20(18)22/h8-11,13-16H,2-7,12,17H2,1H3. The van der Waals surface area contributed by atoms with E-state index >= 15 is 0 Å².